The molecule has 1 aromatic rings. The van der Waals surface area contributed by atoms with Gasteiger partial charge in [-0.3, -0.25) is 0 Å². The number of rotatable bonds is 5. The molecule has 1 rings (SSSR count). The SMILES string of the molecule is O=[N+]([O-])c1nccn1CCCB(O)O. The number of aromatic nitrogens is 2. The van der Waals surface area contributed by atoms with Crippen molar-refractivity contribution in [1.82, 2.24) is 9.55 Å². The average molecular weight is 199 g/mol. The van der Waals surface area contributed by atoms with E-state index in [1.807, 2.05) is 0 Å². The van der Waals surface area contributed by atoms with E-state index in [1.165, 1.54) is 17.0 Å². The fraction of sp³-hybridized carbons (Fsp3) is 0.500. The summed E-state index contributed by atoms with van der Waals surface area (Å²) in [5.74, 6) is -0.225. The minimum atomic E-state index is -1.36. The zero-order valence-electron chi connectivity index (χ0n) is 7.41. The van der Waals surface area contributed by atoms with Crippen LogP contribution in [0.5, 0.6) is 0 Å². The Morgan fingerprint density at radius 1 is 1.64 bits per heavy atom. The molecule has 0 fully saturated rings. The molecule has 0 aliphatic rings. The van der Waals surface area contributed by atoms with Crippen LogP contribution in [-0.2, 0) is 6.54 Å². The highest BCUT2D eigenvalue weighted by Gasteiger charge is 2.14. The van der Waals surface area contributed by atoms with Crippen molar-refractivity contribution in [1.29, 1.82) is 0 Å². The van der Waals surface area contributed by atoms with Gasteiger partial charge < -0.3 is 20.2 Å². The van der Waals surface area contributed by atoms with Crippen LogP contribution in [0.4, 0.5) is 5.95 Å². The molecule has 7 nitrogen and oxygen atoms in total. The molecule has 0 unspecified atom stereocenters. The first-order chi connectivity index (χ1) is 6.61. The molecule has 0 saturated carbocycles. The maximum atomic E-state index is 10.4. The number of imidazole rings is 1. The first kappa shape index (κ1) is 10.7. The molecule has 14 heavy (non-hydrogen) atoms. The summed E-state index contributed by atoms with van der Waals surface area (Å²) in [6.45, 7) is 0.355. The quantitative estimate of drug-likeness (QED) is 0.383. The van der Waals surface area contributed by atoms with Gasteiger partial charge in [0, 0.05) is 0 Å². The monoisotopic (exact) mass is 199 g/mol. The number of nitro groups is 1. The molecule has 1 aromatic heterocycles. The maximum absolute atomic E-state index is 10.4. The normalized spacial score (nSPS) is 10.1. The molecule has 0 aromatic carbocycles. The van der Waals surface area contributed by atoms with Crippen molar-refractivity contribution in [3.05, 3.63) is 22.5 Å². The van der Waals surface area contributed by atoms with E-state index in [2.05, 4.69) is 4.98 Å². The van der Waals surface area contributed by atoms with E-state index < -0.39 is 12.0 Å². The Bertz CT molecular complexity index is 314. The smallest absolute Gasteiger partial charge is 0.427 e. The predicted octanol–water partition coefficient (Wildman–Crippen LogP) is -0.346. The van der Waals surface area contributed by atoms with Crippen LogP contribution in [0.15, 0.2) is 12.4 Å². The lowest BCUT2D eigenvalue weighted by Gasteiger charge is -2.00. The summed E-state index contributed by atoms with van der Waals surface area (Å²) in [6.07, 6.45) is 3.47. The summed E-state index contributed by atoms with van der Waals surface area (Å²) in [7, 11) is -1.36. The van der Waals surface area contributed by atoms with Crippen molar-refractivity contribution < 1.29 is 15.0 Å². The summed E-state index contributed by atoms with van der Waals surface area (Å²) in [6, 6.07) is 0. The lowest BCUT2D eigenvalue weighted by Crippen LogP contribution is -2.12. The van der Waals surface area contributed by atoms with Gasteiger partial charge in [-0.05, 0) is 17.7 Å². The Kier molecular flexibility index (Phi) is 3.60. The summed E-state index contributed by atoms with van der Waals surface area (Å²) in [5.41, 5.74) is 0. The third-order valence-corrected chi connectivity index (χ3v) is 1.72. The Balaban J connectivity index is 2.50. The molecular weight excluding hydrogens is 189 g/mol. The van der Waals surface area contributed by atoms with Gasteiger partial charge in [-0.2, -0.15) is 0 Å². The van der Waals surface area contributed by atoms with Gasteiger partial charge in [0.15, 0.2) is 0 Å². The van der Waals surface area contributed by atoms with E-state index in [-0.39, 0.29) is 12.3 Å². The molecule has 0 radical (unpaired) electrons. The molecule has 0 bridgehead atoms. The second kappa shape index (κ2) is 4.73. The first-order valence-electron chi connectivity index (χ1n) is 4.13. The van der Waals surface area contributed by atoms with Crippen LogP contribution in [0.25, 0.3) is 0 Å². The maximum Gasteiger partial charge on any atom is 0.451 e. The van der Waals surface area contributed by atoms with Crippen LogP contribution in [0.3, 0.4) is 0 Å². The highest BCUT2D eigenvalue weighted by Crippen LogP contribution is 2.09. The molecule has 76 valence electrons. The van der Waals surface area contributed by atoms with E-state index >= 15 is 0 Å². The van der Waals surface area contributed by atoms with Crippen LogP contribution in [-0.4, -0.2) is 31.6 Å². The van der Waals surface area contributed by atoms with Gasteiger partial charge >= 0.3 is 13.1 Å². The molecule has 1 heterocycles. The van der Waals surface area contributed by atoms with Gasteiger partial charge in [-0.15, -0.1) is 0 Å². The molecule has 0 amide bonds. The lowest BCUT2D eigenvalue weighted by molar-refractivity contribution is -0.396. The number of hydrogen-bond donors (Lipinski definition) is 2. The van der Waals surface area contributed by atoms with Gasteiger partial charge in [-0.1, -0.05) is 4.98 Å². The minimum Gasteiger partial charge on any atom is -0.427 e. The Labute approximate surface area is 80.3 Å². The molecule has 8 heteroatoms. The van der Waals surface area contributed by atoms with Crippen LogP contribution in [0.1, 0.15) is 6.42 Å². The third-order valence-electron chi connectivity index (χ3n) is 1.72. The van der Waals surface area contributed by atoms with Gasteiger partial charge in [-0.25, -0.2) is 4.57 Å². The van der Waals surface area contributed by atoms with Gasteiger partial charge in [0.2, 0.25) is 0 Å². The first-order valence-corrected chi connectivity index (χ1v) is 4.13. The van der Waals surface area contributed by atoms with E-state index in [0.717, 1.165) is 0 Å². The number of hydrogen-bond acceptors (Lipinski definition) is 5. The second-order valence-electron chi connectivity index (χ2n) is 2.80. The van der Waals surface area contributed by atoms with Crippen molar-refractivity contribution >= 4 is 13.1 Å². The van der Waals surface area contributed by atoms with Crippen LogP contribution < -0.4 is 0 Å². The largest absolute Gasteiger partial charge is 0.451 e. The fourth-order valence-electron chi connectivity index (χ4n) is 1.09. The van der Waals surface area contributed by atoms with Crippen LogP contribution in [0.2, 0.25) is 6.32 Å². The van der Waals surface area contributed by atoms with Crippen molar-refractivity contribution in [3.63, 3.8) is 0 Å². The summed E-state index contributed by atoms with van der Waals surface area (Å²) in [4.78, 5) is 13.4. The van der Waals surface area contributed by atoms with Crippen molar-refractivity contribution in [3.8, 4) is 0 Å². The highest BCUT2D eigenvalue weighted by molar-refractivity contribution is 6.40. The topological polar surface area (TPSA) is 101 Å². The molecule has 0 saturated heterocycles. The minimum absolute atomic E-state index is 0.190. The average Bonchev–Trinajstić information content (AvgIpc) is 2.51. The van der Waals surface area contributed by atoms with Crippen molar-refractivity contribution in [2.45, 2.75) is 19.3 Å². The number of aryl methyl sites for hydroxylation is 1. The van der Waals surface area contributed by atoms with Gasteiger partial charge in [0.25, 0.3) is 0 Å². The van der Waals surface area contributed by atoms with Crippen molar-refractivity contribution in [2.75, 3.05) is 0 Å². The van der Waals surface area contributed by atoms with E-state index in [9.17, 15) is 10.1 Å². The summed E-state index contributed by atoms with van der Waals surface area (Å²) < 4.78 is 1.36. The lowest BCUT2D eigenvalue weighted by atomic mass is 9.84. The Hall–Kier alpha value is -1.41. The van der Waals surface area contributed by atoms with Gasteiger partial charge in [0.1, 0.15) is 12.4 Å². The highest BCUT2D eigenvalue weighted by atomic mass is 16.6. The Morgan fingerprint density at radius 3 is 2.93 bits per heavy atom. The molecular formula is C6H10BN3O4. The number of nitrogens with zero attached hydrogens (tertiary/aromatic N) is 3. The summed E-state index contributed by atoms with van der Waals surface area (Å²) in [5, 5.41) is 27.5. The van der Waals surface area contributed by atoms with Gasteiger partial charge in [0.05, 0.1) is 6.54 Å². The Morgan fingerprint density at radius 2 is 2.36 bits per heavy atom. The predicted molar refractivity (Wildman–Crippen MR) is 48.5 cm³/mol. The van der Waals surface area contributed by atoms with Crippen LogP contribution in [0, 0.1) is 10.1 Å². The van der Waals surface area contributed by atoms with Crippen molar-refractivity contribution in [2.24, 2.45) is 0 Å². The van der Waals surface area contributed by atoms with Crippen LogP contribution >= 0.6 is 0 Å². The molecule has 2 N–H and O–H groups in total. The standard InChI is InChI=1S/C6H10BN3O4/c11-7(12)2-1-4-9-5-3-8-6(9)10(13)14/h3,5,11-12H,1-2,4H2. The van der Waals surface area contributed by atoms with E-state index in [1.54, 1.807) is 0 Å². The molecule has 0 aliphatic carbocycles. The second-order valence-corrected chi connectivity index (χ2v) is 2.80. The molecule has 0 atom stereocenters. The zero-order valence-corrected chi connectivity index (χ0v) is 7.41. The molecule has 0 spiro atoms. The zero-order chi connectivity index (χ0) is 10.6. The molecule has 0 aliphatic heterocycles. The third kappa shape index (κ3) is 2.82. The summed E-state index contributed by atoms with van der Waals surface area (Å²) >= 11 is 0. The fourth-order valence-corrected chi connectivity index (χ4v) is 1.09. The van der Waals surface area contributed by atoms with E-state index in [4.69, 9.17) is 10.0 Å². The van der Waals surface area contributed by atoms with E-state index in [0.29, 0.717) is 13.0 Å².